The maximum atomic E-state index is 11.5. The second-order valence-corrected chi connectivity index (χ2v) is 6.34. The standard InChI is InChI=1S/C9H13Cl3O3/c1-8(2,4-5-9(10,11)12)6(13)7(14)15-3/h4-5H2,1-3H3. The Morgan fingerprint density at radius 1 is 1.13 bits per heavy atom. The Bertz CT molecular complexity index is 256. The van der Waals surface area contributed by atoms with Gasteiger partial charge in [-0.15, -0.1) is 0 Å². The molecule has 0 aliphatic carbocycles. The molecule has 0 aliphatic heterocycles. The summed E-state index contributed by atoms with van der Waals surface area (Å²) in [4.78, 5) is 22.5. The Morgan fingerprint density at radius 2 is 1.60 bits per heavy atom. The Hall–Kier alpha value is 0.01000. The van der Waals surface area contributed by atoms with Crippen molar-refractivity contribution < 1.29 is 14.3 Å². The molecule has 88 valence electrons. The minimum Gasteiger partial charge on any atom is -0.463 e. The van der Waals surface area contributed by atoms with Crippen LogP contribution in [0.2, 0.25) is 0 Å². The van der Waals surface area contributed by atoms with Gasteiger partial charge in [-0.1, -0.05) is 48.7 Å². The molecule has 0 bridgehead atoms. The number of halogens is 3. The van der Waals surface area contributed by atoms with E-state index in [2.05, 4.69) is 4.74 Å². The molecule has 0 radical (unpaired) electrons. The third kappa shape index (κ3) is 5.59. The highest BCUT2D eigenvalue weighted by Crippen LogP contribution is 2.36. The van der Waals surface area contributed by atoms with Gasteiger partial charge < -0.3 is 4.74 Å². The van der Waals surface area contributed by atoms with Crippen molar-refractivity contribution in [1.82, 2.24) is 0 Å². The number of ketones is 1. The molecular weight excluding hydrogens is 262 g/mol. The zero-order valence-electron chi connectivity index (χ0n) is 8.77. The average molecular weight is 276 g/mol. The minimum atomic E-state index is -1.41. The lowest BCUT2D eigenvalue weighted by Gasteiger charge is -2.23. The molecule has 0 spiro atoms. The highest BCUT2D eigenvalue weighted by Gasteiger charge is 2.35. The number of carbonyl (C=O) groups excluding carboxylic acids is 2. The van der Waals surface area contributed by atoms with Gasteiger partial charge in [-0.3, -0.25) is 4.79 Å². The first-order valence-corrected chi connectivity index (χ1v) is 5.43. The summed E-state index contributed by atoms with van der Waals surface area (Å²) < 4.78 is 2.93. The Kier molecular flexibility index (Phi) is 5.38. The van der Waals surface area contributed by atoms with Gasteiger partial charge in [0, 0.05) is 5.41 Å². The third-order valence-corrected chi connectivity index (χ3v) is 2.59. The number of esters is 1. The fourth-order valence-electron chi connectivity index (χ4n) is 0.937. The molecule has 0 aromatic rings. The van der Waals surface area contributed by atoms with E-state index in [1.807, 2.05) is 0 Å². The lowest BCUT2D eigenvalue weighted by Crippen LogP contribution is -2.33. The van der Waals surface area contributed by atoms with Crippen LogP contribution in [-0.4, -0.2) is 22.7 Å². The maximum absolute atomic E-state index is 11.5. The fraction of sp³-hybridized carbons (Fsp3) is 0.778. The SMILES string of the molecule is COC(=O)C(=O)C(C)(C)CCC(Cl)(Cl)Cl. The molecule has 0 aromatic heterocycles. The molecule has 0 saturated heterocycles. The van der Waals surface area contributed by atoms with Crippen LogP contribution in [0, 0.1) is 5.41 Å². The van der Waals surface area contributed by atoms with Crippen molar-refractivity contribution in [1.29, 1.82) is 0 Å². The number of rotatable bonds is 4. The van der Waals surface area contributed by atoms with Crippen LogP contribution in [0.1, 0.15) is 26.7 Å². The predicted molar refractivity (Wildman–Crippen MR) is 60.3 cm³/mol. The molecule has 0 fully saturated rings. The molecule has 0 amide bonds. The van der Waals surface area contributed by atoms with Crippen LogP contribution in [0.5, 0.6) is 0 Å². The van der Waals surface area contributed by atoms with Crippen molar-refractivity contribution in [2.24, 2.45) is 5.41 Å². The van der Waals surface area contributed by atoms with Crippen LogP contribution in [0.4, 0.5) is 0 Å². The van der Waals surface area contributed by atoms with Crippen molar-refractivity contribution in [3.05, 3.63) is 0 Å². The summed E-state index contributed by atoms with van der Waals surface area (Å²) in [6.07, 6.45) is 0.505. The second-order valence-electron chi connectivity index (χ2n) is 3.82. The smallest absolute Gasteiger partial charge is 0.374 e. The highest BCUT2D eigenvalue weighted by atomic mass is 35.6. The van der Waals surface area contributed by atoms with Gasteiger partial charge in [0.25, 0.3) is 0 Å². The number of ether oxygens (including phenoxy) is 1. The number of hydrogen-bond donors (Lipinski definition) is 0. The fourth-order valence-corrected chi connectivity index (χ4v) is 1.22. The molecule has 0 heterocycles. The van der Waals surface area contributed by atoms with Crippen molar-refractivity contribution >= 4 is 46.6 Å². The van der Waals surface area contributed by atoms with Crippen molar-refractivity contribution in [3.8, 4) is 0 Å². The quantitative estimate of drug-likeness (QED) is 0.450. The normalized spacial score (nSPS) is 12.4. The highest BCUT2D eigenvalue weighted by molar-refractivity contribution is 6.67. The number of carbonyl (C=O) groups is 2. The van der Waals surface area contributed by atoms with Gasteiger partial charge in [-0.05, 0) is 12.8 Å². The molecule has 3 nitrogen and oxygen atoms in total. The van der Waals surface area contributed by atoms with E-state index in [4.69, 9.17) is 34.8 Å². The molecule has 15 heavy (non-hydrogen) atoms. The summed E-state index contributed by atoms with van der Waals surface area (Å²) in [5, 5.41) is 0. The Labute approximate surface area is 104 Å². The number of Topliss-reactive ketones (excluding diaryl/α,β-unsaturated/α-hetero) is 1. The summed E-state index contributed by atoms with van der Waals surface area (Å²) in [7, 11) is 1.16. The van der Waals surface area contributed by atoms with E-state index in [0.717, 1.165) is 7.11 Å². The maximum Gasteiger partial charge on any atom is 0.374 e. The van der Waals surface area contributed by atoms with E-state index in [1.165, 1.54) is 0 Å². The molecule has 0 saturated carbocycles. The van der Waals surface area contributed by atoms with Crippen LogP contribution < -0.4 is 0 Å². The monoisotopic (exact) mass is 274 g/mol. The number of hydrogen-bond acceptors (Lipinski definition) is 3. The van der Waals surface area contributed by atoms with E-state index < -0.39 is 21.0 Å². The lowest BCUT2D eigenvalue weighted by molar-refractivity contribution is -0.155. The average Bonchev–Trinajstić information content (AvgIpc) is 2.11. The topological polar surface area (TPSA) is 43.4 Å². The summed E-state index contributed by atoms with van der Waals surface area (Å²) in [6, 6.07) is 0. The van der Waals surface area contributed by atoms with Gasteiger partial charge in [0.2, 0.25) is 5.78 Å². The van der Waals surface area contributed by atoms with Gasteiger partial charge in [0.1, 0.15) is 0 Å². The first-order valence-electron chi connectivity index (χ1n) is 4.29. The van der Waals surface area contributed by atoms with Crippen molar-refractivity contribution in [3.63, 3.8) is 0 Å². The van der Waals surface area contributed by atoms with Crippen LogP contribution in [0.25, 0.3) is 0 Å². The summed E-state index contributed by atoms with van der Waals surface area (Å²) in [5.74, 6) is -1.48. The molecule has 0 aromatic carbocycles. The second kappa shape index (κ2) is 5.37. The molecular formula is C9H13Cl3O3. The Morgan fingerprint density at radius 3 is 1.93 bits per heavy atom. The van der Waals surface area contributed by atoms with Crippen LogP contribution in [0.15, 0.2) is 0 Å². The zero-order valence-corrected chi connectivity index (χ0v) is 11.0. The molecule has 0 atom stereocenters. The summed E-state index contributed by atoms with van der Waals surface area (Å²) in [5.41, 5.74) is -0.878. The van der Waals surface area contributed by atoms with Gasteiger partial charge in [0.05, 0.1) is 7.11 Å². The van der Waals surface area contributed by atoms with Gasteiger partial charge >= 0.3 is 5.97 Å². The van der Waals surface area contributed by atoms with Crippen LogP contribution in [0.3, 0.4) is 0 Å². The molecule has 0 aliphatic rings. The zero-order chi connectivity index (χ0) is 12.3. The first-order chi connectivity index (χ1) is 6.60. The first kappa shape index (κ1) is 15.0. The van der Waals surface area contributed by atoms with Crippen molar-refractivity contribution in [2.75, 3.05) is 7.11 Å². The predicted octanol–water partition coefficient (Wildman–Crippen LogP) is 2.91. The van der Waals surface area contributed by atoms with Gasteiger partial charge in [0.15, 0.2) is 3.79 Å². The molecule has 0 N–H and O–H groups in total. The lowest BCUT2D eigenvalue weighted by atomic mass is 9.83. The number of methoxy groups -OCH3 is 1. The van der Waals surface area contributed by atoms with Gasteiger partial charge in [-0.2, -0.15) is 0 Å². The summed E-state index contributed by atoms with van der Waals surface area (Å²) >= 11 is 16.7. The van der Waals surface area contributed by atoms with Crippen LogP contribution in [-0.2, 0) is 14.3 Å². The molecule has 0 rings (SSSR count). The van der Waals surface area contributed by atoms with E-state index in [-0.39, 0.29) is 6.42 Å². The Balaban J connectivity index is 4.42. The third-order valence-electron chi connectivity index (χ3n) is 2.02. The molecule has 0 unspecified atom stereocenters. The van der Waals surface area contributed by atoms with Crippen LogP contribution >= 0.6 is 34.8 Å². The molecule has 6 heteroatoms. The largest absolute Gasteiger partial charge is 0.463 e. The van der Waals surface area contributed by atoms with Gasteiger partial charge in [-0.25, -0.2) is 4.79 Å². The minimum absolute atomic E-state index is 0.202. The number of alkyl halides is 3. The van der Waals surface area contributed by atoms with Crippen molar-refractivity contribution in [2.45, 2.75) is 30.5 Å². The van der Waals surface area contributed by atoms with E-state index >= 15 is 0 Å². The van der Waals surface area contributed by atoms with E-state index in [0.29, 0.717) is 6.42 Å². The van der Waals surface area contributed by atoms with E-state index in [9.17, 15) is 9.59 Å². The van der Waals surface area contributed by atoms with E-state index in [1.54, 1.807) is 13.8 Å². The summed E-state index contributed by atoms with van der Waals surface area (Å²) in [6.45, 7) is 3.23.